The summed E-state index contributed by atoms with van der Waals surface area (Å²) in [5.74, 6) is 0.0769. The number of methoxy groups -OCH3 is 1. The molecule has 1 aromatic heterocycles. The molecular formula is C14H21BrN2O3. The van der Waals surface area contributed by atoms with Crippen molar-refractivity contribution >= 4 is 21.7 Å². The molecule has 5 nitrogen and oxygen atoms in total. The van der Waals surface area contributed by atoms with E-state index in [1.807, 2.05) is 6.92 Å². The molecular weight excluding hydrogens is 324 g/mol. The Balaban J connectivity index is 0.000000444. The number of nitrogens with two attached hydrogens (primary N) is 1. The van der Waals surface area contributed by atoms with Crippen LogP contribution in [0.15, 0.2) is 15.5 Å². The number of carbonyl (C=O) groups is 1. The van der Waals surface area contributed by atoms with E-state index in [1.165, 1.54) is 7.11 Å². The molecule has 1 atom stereocenters. The van der Waals surface area contributed by atoms with Gasteiger partial charge in [0.2, 0.25) is 5.43 Å². The first-order valence-corrected chi connectivity index (χ1v) is 7.48. The van der Waals surface area contributed by atoms with Crippen LogP contribution in [0.4, 0.5) is 0 Å². The van der Waals surface area contributed by atoms with Crippen LogP contribution in [-0.4, -0.2) is 24.0 Å². The second kappa shape index (κ2) is 7.59. The third kappa shape index (κ3) is 3.49. The lowest BCUT2D eigenvalue weighted by Gasteiger charge is -2.24. The Morgan fingerprint density at radius 1 is 1.50 bits per heavy atom. The van der Waals surface area contributed by atoms with Gasteiger partial charge in [0.05, 0.1) is 11.6 Å². The van der Waals surface area contributed by atoms with E-state index in [0.29, 0.717) is 10.2 Å². The van der Waals surface area contributed by atoms with Gasteiger partial charge >= 0.3 is 0 Å². The van der Waals surface area contributed by atoms with Gasteiger partial charge < -0.3 is 15.0 Å². The molecule has 0 amide bonds. The summed E-state index contributed by atoms with van der Waals surface area (Å²) in [6.45, 7) is 5.48. The fourth-order valence-corrected chi connectivity index (χ4v) is 2.35. The number of ketones is 1. The summed E-state index contributed by atoms with van der Waals surface area (Å²) in [5, 5.41) is 0. The summed E-state index contributed by atoms with van der Waals surface area (Å²) in [5.41, 5.74) is 5.16. The highest BCUT2D eigenvalue weighted by Crippen LogP contribution is 2.26. The lowest BCUT2D eigenvalue weighted by Crippen LogP contribution is -2.29. The van der Waals surface area contributed by atoms with E-state index in [9.17, 15) is 9.59 Å². The van der Waals surface area contributed by atoms with Crippen molar-refractivity contribution in [2.75, 3.05) is 13.7 Å². The van der Waals surface area contributed by atoms with Crippen molar-refractivity contribution in [2.45, 2.75) is 33.2 Å². The van der Waals surface area contributed by atoms with E-state index in [2.05, 4.69) is 22.9 Å². The molecule has 0 bridgehead atoms. The van der Waals surface area contributed by atoms with Crippen LogP contribution < -0.4 is 15.9 Å². The molecule has 0 aromatic carbocycles. The summed E-state index contributed by atoms with van der Waals surface area (Å²) < 4.78 is 7.27. The van der Waals surface area contributed by atoms with E-state index in [1.54, 1.807) is 10.8 Å². The average Bonchev–Trinajstić information content (AvgIpc) is 2.45. The number of Topliss-reactive ketones (excluding diaryl/α,β-unsaturated/α-hetero) is 1. The van der Waals surface area contributed by atoms with E-state index in [-0.39, 0.29) is 22.9 Å². The SMILES string of the molecule is CCCN.COc1c2n(cc(Br)c1=O)CCC(C)C2=O. The van der Waals surface area contributed by atoms with Crippen LogP contribution in [-0.2, 0) is 6.54 Å². The molecule has 6 heteroatoms. The van der Waals surface area contributed by atoms with Gasteiger partial charge in [-0.3, -0.25) is 9.59 Å². The van der Waals surface area contributed by atoms with Crippen LogP contribution in [0.5, 0.6) is 5.75 Å². The summed E-state index contributed by atoms with van der Waals surface area (Å²) >= 11 is 3.18. The molecule has 2 heterocycles. The van der Waals surface area contributed by atoms with Gasteiger partial charge in [-0.1, -0.05) is 13.8 Å². The van der Waals surface area contributed by atoms with Gasteiger partial charge in [0.1, 0.15) is 5.69 Å². The summed E-state index contributed by atoms with van der Waals surface area (Å²) in [6, 6.07) is 0. The number of nitrogens with zero attached hydrogens (tertiary/aromatic N) is 1. The average molecular weight is 345 g/mol. The molecule has 0 radical (unpaired) electrons. The summed E-state index contributed by atoms with van der Waals surface area (Å²) in [6.07, 6.45) is 3.55. The van der Waals surface area contributed by atoms with Crippen LogP contribution in [0.2, 0.25) is 0 Å². The molecule has 2 rings (SSSR count). The normalized spacial score (nSPS) is 17.1. The highest BCUT2D eigenvalue weighted by molar-refractivity contribution is 9.10. The van der Waals surface area contributed by atoms with Crippen LogP contribution in [0.1, 0.15) is 37.2 Å². The van der Waals surface area contributed by atoms with Crippen molar-refractivity contribution < 1.29 is 9.53 Å². The van der Waals surface area contributed by atoms with Gasteiger partial charge in [0, 0.05) is 18.7 Å². The highest BCUT2D eigenvalue weighted by atomic mass is 79.9. The number of aromatic nitrogens is 1. The number of halogens is 1. The molecule has 1 aromatic rings. The Bertz CT molecular complexity index is 538. The monoisotopic (exact) mass is 344 g/mol. The Labute approximate surface area is 127 Å². The molecule has 2 N–H and O–H groups in total. The standard InChI is InChI=1S/C11H12BrNO3.C3H9N/c1-6-3-4-13-5-7(12)10(15)11(16-2)8(13)9(6)14;1-2-3-4/h5-6H,3-4H2,1-2H3;2-4H2,1H3. The van der Waals surface area contributed by atoms with Gasteiger partial charge in [-0.15, -0.1) is 0 Å². The third-order valence-corrected chi connectivity index (χ3v) is 3.74. The zero-order valence-electron chi connectivity index (χ0n) is 12.1. The van der Waals surface area contributed by atoms with Crippen LogP contribution in [0.3, 0.4) is 0 Å². The lowest BCUT2D eigenvalue weighted by atomic mass is 9.95. The first-order chi connectivity index (χ1) is 9.47. The predicted molar refractivity (Wildman–Crippen MR) is 82.4 cm³/mol. The molecule has 0 aliphatic carbocycles. The van der Waals surface area contributed by atoms with E-state index in [0.717, 1.165) is 25.9 Å². The maximum absolute atomic E-state index is 12.0. The first kappa shape index (κ1) is 16.9. The van der Waals surface area contributed by atoms with Gasteiger partial charge in [-0.2, -0.15) is 0 Å². The number of aryl methyl sites for hydroxylation is 1. The number of ether oxygens (including phenoxy) is 1. The van der Waals surface area contributed by atoms with Gasteiger partial charge in [-0.25, -0.2) is 0 Å². The minimum absolute atomic E-state index is 0.0206. The minimum Gasteiger partial charge on any atom is -0.491 e. The van der Waals surface area contributed by atoms with Crippen LogP contribution in [0.25, 0.3) is 0 Å². The van der Waals surface area contributed by atoms with E-state index in [4.69, 9.17) is 10.5 Å². The van der Waals surface area contributed by atoms with Crippen LogP contribution in [0, 0.1) is 5.92 Å². The molecule has 1 aliphatic rings. The Morgan fingerprint density at radius 3 is 2.60 bits per heavy atom. The van der Waals surface area contributed by atoms with Crippen molar-refractivity contribution in [3.63, 3.8) is 0 Å². The van der Waals surface area contributed by atoms with Crippen LogP contribution >= 0.6 is 15.9 Å². The van der Waals surface area contributed by atoms with Crippen molar-refractivity contribution in [1.29, 1.82) is 0 Å². The zero-order chi connectivity index (χ0) is 15.3. The van der Waals surface area contributed by atoms with Gasteiger partial charge in [0.15, 0.2) is 11.5 Å². The van der Waals surface area contributed by atoms with E-state index < -0.39 is 0 Å². The number of pyridine rings is 1. The fraction of sp³-hybridized carbons (Fsp3) is 0.571. The topological polar surface area (TPSA) is 74.3 Å². The third-order valence-electron chi connectivity index (χ3n) is 3.17. The highest BCUT2D eigenvalue weighted by Gasteiger charge is 2.29. The zero-order valence-corrected chi connectivity index (χ0v) is 13.7. The molecule has 112 valence electrons. The van der Waals surface area contributed by atoms with Crippen molar-refractivity contribution in [3.8, 4) is 5.75 Å². The smallest absolute Gasteiger partial charge is 0.238 e. The minimum atomic E-state index is -0.267. The van der Waals surface area contributed by atoms with Gasteiger partial charge in [-0.05, 0) is 35.3 Å². The molecule has 1 aliphatic heterocycles. The quantitative estimate of drug-likeness (QED) is 0.892. The molecule has 0 fully saturated rings. The first-order valence-electron chi connectivity index (χ1n) is 6.69. The Morgan fingerprint density at radius 2 is 2.10 bits per heavy atom. The predicted octanol–water partition coefficient (Wildman–Crippen LogP) is 2.20. The maximum atomic E-state index is 12.0. The molecule has 0 saturated carbocycles. The number of fused-ring (bicyclic) bond motifs is 1. The number of hydrogen-bond donors (Lipinski definition) is 1. The molecule has 0 saturated heterocycles. The van der Waals surface area contributed by atoms with Crippen molar-refractivity contribution in [1.82, 2.24) is 4.57 Å². The van der Waals surface area contributed by atoms with Crippen molar-refractivity contribution in [3.05, 3.63) is 26.6 Å². The summed E-state index contributed by atoms with van der Waals surface area (Å²) in [7, 11) is 1.41. The largest absolute Gasteiger partial charge is 0.491 e. The lowest BCUT2D eigenvalue weighted by molar-refractivity contribution is 0.0884. The van der Waals surface area contributed by atoms with Gasteiger partial charge in [0.25, 0.3) is 0 Å². The second-order valence-electron chi connectivity index (χ2n) is 4.72. The number of hydrogen-bond acceptors (Lipinski definition) is 4. The number of carbonyl (C=O) groups excluding carboxylic acids is 1. The Hall–Kier alpha value is -1.14. The molecule has 1 unspecified atom stereocenters. The Kier molecular flexibility index (Phi) is 6.42. The van der Waals surface area contributed by atoms with E-state index >= 15 is 0 Å². The summed E-state index contributed by atoms with van der Waals surface area (Å²) in [4.78, 5) is 23.8. The number of rotatable bonds is 2. The fourth-order valence-electron chi connectivity index (χ4n) is 1.92. The molecule has 20 heavy (non-hydrogen) atoms. The van der Waals surface area contributed by atoms with Crippen molar-refractivity contribution in [2.24, 2.45) is 11.7 Å². The second-order valence-corrected chi connectivity index (χ2v) is 5.58. The maximum Gasteiger partial charge on any atom is 0.238 e. The molecule has 0 spiro atoms.